The minimum Gasteiger partial charge on any atom is -0.465 e. The number of nitrogens with zero attached hydrogens (tertiary/aromatic N) is 1. The van der Waals surface area contributed by atoms with E-state index in [0.717, 1.165) is 28.5 Å². The third-order valence-corrected chi connectivity index (χ3v) is 6.84. The Balaban J connectivity index is 1.97. The fraction of sp³-hybridized carbons (Fsp3) is 0.333. The molecule has 0 aromatic heterocycles. The van der Waals surface area contributed by atoms with E-state index in [4.69, 9.17) is 4.74 Å². The molecule has 2 amide bonds. The lowest BCUT2D eigenvalue weighted by Crippen LogP contribution is -2.44. The lowest BCUT2D eigenvalue weighted by molar-refractivity contribution is -0.142. The quantitative estimate of drug-likeness (QED) is 0.555. The highest BCUT2D eigenvalue weighted by Crippen LogP contribution is 2.32. The van der Waals surface area contributed by atoms with Gasteiger partial charge in [-0.15, -0.1) is 0 Å². The molecule has 0 spiro atoms. The molecule has 2 aromatic rings. The Morgan fingerprint density at radius 2 is 1.80 bits per heavy atom. The SMILES string of the molecule is CCOC(=O)CN1C(=O)C(NC(=O)C(SC(C)=O)C(C)C)=CCc2ccc(-c3ccccc3)cc21. The number of carbonyl (C=O) groups is 4. The number of ether oxygens (including phenoxy) is 1. The lowest BCUT2D eigenvalue weighted by Gasteiger charge is -2.25. The van der Waals surface area contributed by atoms with Crippen LogP contribution in [0.4, 0.5) is 5.69 Å². The van der Waals surface area contributed by atoms with Crippen LogP contribution in [0.1, 0.15) is 33.3 Å². The minimum atomic E-state index is -0.644. The largest absolute Gasteiger partial charge is 0.465 e. The Morgan fingerprint density at radius 1 is 1.09 bits per heavy atom. The third kappa shape index (κ3) is 6.60. The normalized spacial score (nSPS) is 14.0. The summed E-state index contributed by atoms with van der Waals surface area (Å²) in [4.78, 5) is 52.0. The summed E-state index contributed by atoms with van der Waals surface area (Å²) >= 11 is 0.939. The van der Waals surface area contributed by atoms with Gasteiger partial charge in [0, 0.05) is 12.6 Å². The van der Waals surface area contributed by atoms with Crippen LogP contribution in [0.5, 0.6) is 0 Å². The van der Waals surface area contributed by atoms with Crippen LogP contribution < -0.4 is 10.2 Å². The van der Waals surface area contributed by atoms with Gasteiger partial charge in [0.05, 0.1) is 11.9 Å². The maximum atomic E-state index is 13.6. The maximum Gasteiger partial charge on any atom is 0.326 e. The van der Waals surface area contributed by atoms with Crippen LogP contribution >= 0.6 is 11.8 Å². The molecule has 35 heavy (non-hydrogen) atoms. The molecule has 1 unspecified atom stereocenters. The Bertz CT molecular complexity index is 1140. The number of fused-ring (bicyclic) bond motifs is 1. The number of hydrogen-bond acceptors (Lipinski definition) is 6. The first-order valence-corrected chi connectivity index (χ1v) is 12.4. The highest BCUT2D eigenvalue weighted by molar-refractivity contribution is 8.14. The molecule has 3 rings (SSSR count). The van der Waals surface area contributed by atoms with Crippen LogP contribution in [0, 0.1) is 5.92 Å². The number of allylic oxidation sites excluding steroid dienone is 1. The zero-order valence-electron chi connectivity index (χ0n) is 20.4. The molecule has 0 fully saturated rings. The number of nitrogens with one attached hydrogen (secondary N) is 1. The van der Waals surface area contributed by atoms with Gasteiger partial charge in [-0.25, -0.2) is 0 Å². The van der Waals surface area contributed by atoms with Gasteiger partial charge in [0.15, 0.2) is 5.12 Å². The first-order valence-electron chi connectivity index (χ1n) is 11.5. The first-order chi connectivity index (χ1) is 16.7. The average Bonchev–Trinajstić information content (AvgIpc) is 2.95. The molecule has 0 bridgehead atoms. The number of amides is 2. The Morgan fingerprint density at radius 3 is 2.43 bits per heavy atom. The first kappa shape index (κ1) is 26.2. The van der Waals surface area contributed by atoms with Crippen molar-refractivity contribution < 1.29 is 23.9 Å². The van der Waals surface area contributed by atoms with Gasteiger partial charge in [0.25, 0.3) is 5.91 Å². The summed E-state index contributed by atoms with van der Waals surface area (Å²) in [6, 6.07) is 15.5. The average molecular weight is 495 g/mol. The van der Waals surface area contributed by atoms with Crippen molar-refractivity contribution in [3.63, 3.8) is 0 Å². The van der Waals surface area contributed by atoms with Gasteiger partial charge in [0.2, 0.25) is 5.91 Å². The third-order valence-electron chi connectivity index (χ3n) is 5.49. The fourth-order valence-corrected chi connectivity index (χ4v) is 4.62. The van der Waals surface area contributed by atoms with E-state index in [0.29, 0.717) is 12.1 Å². The number of rotatable bonds is 8. The van der Waals surface area contributed by atoms with Crippen molar-refractivity contribution in [3.8, 4) is 11.1 Å². The van der Waals surface area contributed by atoms with Crippen molar-refractivity contribution in [3.05, 3.63) is 65.9 Å². The molecule has 1 atom stereocenters. The number of benzene rings is 2. The van der Waals surface area contributed by atoms with E-state index in [9.17, 15) is 19.2 Å². The number of anilines is 1. The molecule has 8 heteroatoms. The molecule has 7 nitrogen and oxygen atoms in total. The second-order valence-corrected chi connectivity index (χ2v) is 9.81. The van der Waals surface area contributed by atoms with Gasteiger partial charge in [-0.2, -0.15) is 0 Å². The second kappa shape index (κ2) is 11.8. The van der Waals surface area contributed by atoms with Crippen molar-refractivity contribution in [1.82, 2.24) is 5.32 Å². The van der Waals surface area contributed by atoms with Crippen LogP contribution in [-0.2, 0) is 30.3 Å². The highest BCUT2D eigenvalue weighted by atomic mass is 32.2. The minimum absolute atomic E-state index is 0.0755. The molecule has 1 aliphatic heterocycles. The van der Waals surface area contributed by atoms with E-state index < -0.39 is 23.0 Å². The van der Waals surface area contributed by atoms with Crippen molar-refractivity contribution in [2.75, 3.05) is 18.1 Å². The van der Waals surface area contributed by atoms with Gasteiger partial charge in [-0.1, -0.05) is 74.1 Å². The molecule has 1 heterocycles. The summed E-state index contributed by atoms with van der Waals surface area (Å²) in [6.07, 6.45) is 2.04. The van der Waals surface area contributed by atoms with E-state index >= 15 is 0 Å². The summed E-state index contributed by atoms with van der Waals surface area (Å²) in [7, 11) is 0. The van der Waals surface area contributed by atoms with Crippen molar-refractivity contribution in [2.24, 2.45) is 5.92 Å². The van der Waals surface area contributed by atoms with Crippen LogP contribution in [0.25, 0.3) is 11.1 Å². The van der Waals surface area contributed by atoms with Crippen molar-refractivity contribution in [1.29, 1.82) is 0 Å². The van der Waals surface area contributed by atoms with Crippen molar-refractivity contribution in [2.45, 2.75) is 39.4 Å². The Kier molecular flexibility index (Phi) is 8.87. The zero-order chi connectivity index (χ0) is 25.5. The van der Waals surface area contributed by atoms with E-state index in [1.165, 1.54) is 11.8 Å². The Labute approximate surface area is 209 Å². The Hall–Kier alpha value is -3.39. The molecular formula is C27H30N2O5S. The second-order valence-electron chi connectivity index (χ2n) is 8.49. The van der Waals surface area contributed by atoms with Crippen molar-refractivity contribution >= 4 is 40.3 Å². The van der Waals surface area contributed by atoms with E-state index in [1.54, 1.807) is 13.0 Å². The molecule has 1 aliphatic rings. The summed E-state index contributed by atoms with van der Waals surface area (Å²) in [5.74, 6) is -1.60. The van der Waals surface area contributed by atoms with Crippen LogP contribution in [0.3, 0.4) is 0 Å². The molecular weight excluding hydrogens is 464 g/mol. The molecule has 0 saturated heterocycles. The number of thioether (sulfide) groups is 1. The van der Waals surface area contributed by atoms with Crippen LogP contribution in [-0.4, -0.2) is 41.3 Å². The molecule has 0 radical (unpaired) electrons. The van der Waals surface area contributed by atoms with Gasteiger partial charge < -0.3 is 10.1 Å². The summed E-state index contributed by atoms with van der Waals surface area (Å²) < 4.78 is 5.11. The summed E-state index contributed by atoms with van der Waals surface area (Å²) in [5.41, 5.74) is 3.38. The molecule has 2 aromatic carbocycles. The summed E-state index contributed by atoms with van der Waals surface area (Å²) in [6.45, 7) is 6.70. The van der Waals surface area contributed by atoms with Crippen LogP contribution in [0.2, 0.25) is 0 Å². The van der Waals surface area contributed by atoms with Crippen LogP contribution in [0.15, 0.2) is 60.3 Å². The lowest BCUT2D eigenvalue weighted by atomic mass is 10.0. The zero-order valence-corrected chi connectivity index (χ0v) is 21.2. The fourth-order valence-electron chi connectivity index (χ4n) is 3.82. The predicted octanol–water partition coefficient (Wildman–Crippen LogP) is 4.11. The van der Waals surface area contributed by atoms with E-state index in [1.807, 2.05) is 62.4 Å². The molecule has 0 saturated carbocycles. The van der Waals surface area contributed by atoms with E-state index in [2.05, 4.69) is 5.32 Å². The van der Waals surface area contributed by atoms with Gasteiger partial charge in [0.1, 0.15) is 12.2 Å². The van der Waals surface area contributed by atoms with Gasteiger partial charge >= 0.3 is 5.97 Å². The predicted molar refractivity (Wildman–Crippen MR) is 138 cm³/mol. The topological polar surface area (TPSA) is 92.8 Å². The van der Waals surface area contributed by atoms with Gasteiger partial charge in [-0.05, 0) is 42.0 Å². The summed E-state index contributed by atoms with van der Waals surface area (Å²) in [5, 5.41) is 1.90. The number of carbonyl (C=O) groups excluding carboxylic acids is 4. The molecule has 1 N–H and O–H groups in total. The number of esters is 1. The standard InChI is InChI=1S/C27H30N2O5S/c1-5-34-24(31)16-29-23-15-21(19-9-7-6-8-10-19)12-11-20(23)13-14-22(27(29)33)28-26(32)25(17(2)3)35-18(4)30/h6-12,14-15,17,25H,5,13,16H2,1-4H3,(H,28,32). The maximum absolute atomic E-state index is 13.6. The van der Waals surface area contributed by atoms with Gasteiger partial charge in [-0.3, -0.25) is 24.1 Å². The molecule has 0 aliphatic carbocycles. The smallest absolute Gasteiger partial charge is 0.326 e. The van der Waals surface area contributed by atoms with E-state index in [-0.39, 0.29) is 29.9 Å². The number of hydrogen-bond donors (Lipinski definition) is 1. The monoisotopic (exact) mass is 494 g/mol. The molecule has 184 valence electrons. The highest BCUT2D eigenvalue weighted by Gasteiger charge is 2.31.